The largest absolute Gasteiger partial charge is 0.469 e. The fourth-order valence-electron chi connectivity index (χ4n) is 4.12. The second-order valence-electron chi connectivity index (χ2n) is 8.80. The summed E-state index contributed by atoms with van der Waals surface area (Å²) in [6, 6.07) is 0. The number of aliphatic imine (C=N–C) groups is 1. The van der Waals surface area contributed by atoms with Gasteiger partial charge in [0.05, 0.1) is 0 Å². The average molecular weight is 380 g/mol. The first-order chi connectivity index (χ1) is 13.1. The maximum atomic E-state index is 11.8. The zero-order valence-corrected chi connectivity index (χ0v) is 18.4. The van der Waals surface area contributed by atoms with Gasteiger partial charge in [-0.15, -0.1) is 0 Å². The van der Waals surface area contributed by atoms with Crippen molar-refractivity contribution in [1.82, 2.24) is 0 Å². The summed E-state index contributed by atoms with van der Waals surface area (Å²) in [5.41, 5.74) is -0.0654. The molecule has 0 aliphatic carbocycles. The van der Waals surface area contributed by atoms with Crippen LogP contribution in [0.3, 0.4) is 0 Å². The molecule has 0 saturated heterocycles. The predicted octanol–water partition coefficient (Wildman–Crippen LogP) is 7.62. The highest BCUT2D eigenvalue weighted by atomic mass is 16.5. The normalized spacial score (nSPS) is 18.6. The maximum Gasteiger partial charge on any atom is 0.290 e. The third kappa shape index (κ3) is 10.3. The number of hydrogen-bond donors (Lipinski definition) is 0. The Hall–Kier alpha value is -0.860. The van der Waals surface area contributed by atoms with E-state index in [0.29, 0.717) is 0 Å². The van der Waals surface area contributed by atoms with Crippen LogP contribution >= 0.6 is 0 Å². The van der Waals surface area contributed by atoms with Crippen molar-refractivity contribution >= 4 is 12.3 Å². The van der Waals surface area contributed by atoms with Crippen LogP contribution in [0, 0.1) is 5.41 Å². The molecule has 0 N–H and O–H groups in total. The van der Waals surface area contributed by atoms with E-state index in [9.17, 15) is 4.79 Å². The highest BCUT2D eigenvalue weighted by Crippen LogP contribution is 2.36. The summed E-state index contributed by atoms with van der Waals surface area (Å²) in [4.78, 5) is 15.6. The van der Waals surface area contributed by atoms with Crippen molar-refractivity contribution in [1.29, 1.82) is 0 Å². The first-order valence-corrected chi connectivity index (χ1v) is 11.9. The molecule has 1 amide bonds. The molecule has 27 heavy (non-hydrogen) atoms. The van der Waals surface area contributed by atoms with Crippen molar-refractivity contribution in [2.45, 2.75) is 136 Å². The number of ether oxygens (including phenoxy) is 1. The quantitative estimate of drug-likeness (QED) is 0.230. The van der Waals surface area contributed by atoms with Crippen molar-refractivity contribution in [2.75, 3.05) is 0 Å². The molecule has 0 aromatic heterocycles. The van der Waals surface area contributed by atoms with E-state index in [1.165, 1.54) is 103 Å². The Kier molecular flexibility index (Phi) is 13.5. The molecule has 1 aliphatic heterocycles. The molecule has 3 heteroatoms. The van der Waals surface area contributed by atoms with Gasteiger partial charge in [0.15, 0.2) is 12.5 Å². The van der Waals surface area contributed by atoms with E-state index < -0.39 is 0 Å². The maximum absolute atomic E-state index is 11.8. The van der Waals surface area contributed by atoms with Crippen molar-refractivity contribution in [3.63, 3.8) is 0 Å². The fourth-order valence-corrected chi connectivity index (χ4v) is 4.12. The lowest BCUT2D eigenvalue weighted by Gasteiger charge is -2.31. The van der Waals surface area contributed by atoms with Crippen molar-refractivity contribution in [3.8, 4) is 0 Å². The van der Waals surface area contributed by atoms with E-state index in [1.54, 1.807) is 0 Å². The van der Waals surface area contributed by atoms with Crippen LogP contribution in [-0.4, -0.2) is 18.4 Å². The Balaban J connectivity index is 1.89. The number of carbonyl (C=O) groups excluding carboxylic acids is 1. The molecule has 0 spiro atoms. The van der Waals surface area contributed by atoms with Gasteiger partial charge in [-0.3, -0.25) is 4.79 Å². The summed E-state index contributed by atoms with van der Waals surface area (Å²) in [6.07, 6.45) is 23.8. The first-order valence-electron chi connectivity index (χ1n) is 11.9. The Morgan fingerprint density at radius 2 is 1.26 bits per heavy atom. The van der Waals surface area contributed by atoms with Gasteiger partial charge >= 0.3 is 0 Å². The van der Waals surface area contributed by atoms with Gasteiger partial charge < -0.3 is 4.74 Å². The monoisotopic (exact) mass is 379 g/mol. The molecule has 1 rings (SSSR count). The van der Waals surface area contributed by atoms with Gasteiger partial charge in [-0.2, -0.15) is 4.99 Å². The number of unbranched alkanes of at least 4 members (excludes halogenated alkanes) is 14. The van der Waals surface area contributed by atoms with Crippen LogP contribution in [0.5, 0.6) is 0 Å². The molecular weight excluding hydrogens is 334 g/mol. The number of carbonyl (C=O) groups is 1. The van der Waals surface area contributed by atoms with Crippen LogP contribution in [0.15, 0.2) is 4.99 Å². The van der Waals surface area contributed by atoms with Gasteiger partial charge in [0.2, 0.25) is 0 Å². The third-order valence-corrected chi connectivity index (χ3v) is 6.39. The van der Waals surface area contributed by atoms with E-state index in [4.69, 9.17) is 4.74 Å². The van der Waals surface area contributed by atoms with Crippen molar-refractivity contribution < 1.29 is 9.53 Å². The summed E-state index contributed by atoms with van der Waals surface area (Å²) in [5.74, 6) is -0.0969. The minimum atomic E-state index is -0.353. The smallest absolute Gasteiger partial charge is 0.290 e. The lowest BCUT2D eigenvalue weighted by atomic mass is 9.76. The van der Waals surface area contributed by atoms with E-state index >= 15 is 0 Å². The molecular formula is C24H45NO2. The van der Waals surface area contributed by atoms with Crippen LogP contribution in [0.2, 0.25) is 0 Å². The highest BCUT2D eigenvalue weighted by molar-refractivity contribution is 5.92. The van der Waals surface area contributed by atoms with Gasteiger partial charge in [-0.25, -0.2) is 0 Å². The summed E-state index contributed by atoms with van der Waals surface area (Å²) < 4.78 is 5.45. The second-order valence-corrected chi connectivity index (χ2v) is 8.80. The minimum absolute atomic E-state index is 0.0654. The molecule has 1 aliphatic rings. The number of rotatable bonds is 18. The van der Waals surface area contributed by atoms with Gasteiger partial charge in [0.25, 0.3) is 5.91 Å². The lowest BCUT2D eigenvalue weighted by molar-refractivity contribution is -0.128. The van der Waals surface area contributed by atoms with Crippen LogP contribution in [0.25, 0.3) is 0 Å². The Morgan fingerprint density at radius 1 is 0.815 bits per heavy atom. The van der Waals surface area contributed by atoms with Crippen LogP contribution < -0.4 is 0 Å². The molecule has 158 valence electrons. The molecule has 0 saturated carbocycles. The standard InChI is InChI=1S/C24H45NO2/c1-4-6-7-8-9-10-11-12-13-14-15-16-17-18-19-20-24(3,5-2)22-23(26)25-21-27-22/h21-22H,4-20H2,1-3H3. The van der Waals surface area contributed by atoms with Gasteiger partial charge in [-0.1, -0.05) is 117 Å². The van der Waals surface area contributed by atoms with E-state index in [-0.39, 0.29) is 17.4 Å². The van der Waals surface area contributed by atoms with E-state index in [2.05, 4.69) is 25.8 Å². The zero-order chi connectivity index (χ0) is 19.8. The Bertz CT molecular complexity index is 407. The highest BCUT2D eigenvalue weighted by Gasteiger charge is 2.40. The number of amides is 1. The topological polar surface area (TPSA) is 38.7 Å². The molecule has 0 aromatic rings. The molecule has 0 fully saturated rings. The summed E-state index contributed by atoms with van der Waals surface area (Å²) >= 11 is 0. The predicted molar refractivity (Wildman–Crippen MR) is 116 cm³/mol. The van der Waals surface area contributed by atoms with Crippen LogP contribution in [0.4, 0.5) is 0 Å². The zero-order valence-electron chi connectivity index (χ0n) is 18.4. The number of hydrogen-bond acceptors (Lipinski definition) is 2. The lowest BCUT2D eigenvalue weighted by Crippen LogP contribution is -2.36. The average Bonchev–Trinajstić information content (AvgIpc) is 3.11. The van der Waals surface area contributed by atoms with Crippen molar-refractivity contribution in [3.05, 3.63) is 0 Å². The molecule has 0 aromatic carbocycles. The first kappa shape index (κ1) is 24.2. The molecule has 2 unspecified atom stereocenters. The fraction of sp³-hybridized carbons (Fsp3) is 0.917. The van der Waals surface area contributed by atoms with Crippen LogP contribution in [0.1, 0.15) is 130 Å². The van der Waals surface area contributed by atoms with Crippen LogP contribution in [-0.2, 0) is 9.53 Å². The molecule has 0 bridgehead atoms. The van der Waals surface area contributed by atoms with E-state index in [1.807, 2.05) is 0 Å². The molecule has 2 atom stereocenters. The minimum Gasteiger partial charge on any atom is -0.469 e. The third-order valence-electron chi connectivity index (χ3n) is 6.39. The summed E-state index contributed by atoms with van der Waals surface area (Å²) in [6.45, 7) is 6.61. The SMILES string of the molecule is CCCCCCCCCCCCCCCCCC(C)(CC)C1OC=NC1=O. The Morgan fingerprint density at radius 3 is 1.63 bits per heavy atom. The molecule has 3 nitrogen and oxygen atoms in total. The molecule has 1 heterocycles. The van der Waals surface area contributed by atoms with Crippen molar-refractivity contribution in [2.24, 2.45) is 10.4 Å². The summed E-state index contributed by atoms with van der Waals surface area (Å²) in [5, 5.41) is 0. The Labute approximate surface area is 168 Å². The number of nitrogens with zero attached hydrogens (tertiary/aromatic N) is 1. The van der Waals surface area contributed by atoms with Gasteiger partial charge in [0, 0.05) is 5.41 Å². The van der Waals surface area contributed by atoms with Gasteiger partial charge in [-0.05, 0) is 12.8 Å². The summed E-state index contributed by atoms with van der Waals surface area (Å²) in [7, 11) is 0. The van der Waals surface area contributed by atoms with E-state index in [0.717, 1.165) is 12.8 Å². The van der Waals surface area contributed by atoms with Gasteiger partial charge in [0.1, 0.15) is 0 Å². The second kappa shape index (κ2) is 15.1. The molecule has 0 radical (unpaired) electrons.